The SMILES string of the molecule is CCS(=O)(=O)CCNC(=O)C(c1cccc(C)c1)N(C)C. The predicted molar refractivity (Wildman–Crippen MR) is 84.9 cm³/mol. The van der Waals surface area contributed by atoms with Crippen molar-refractivity contribution in [3.63, 3.8) is 0 Å². The van der Waals surface area contributed by atoms with E-state index in [1.165, 1.54) is 0 Å². The van der Waals surface area contributed by atoms with Gasteiger partial charge in [-0.2, -0.15) is 0 Å². The molecule has 0 aliphatic rings. The lowest BCUT2D eigenvalue weighted by atomic mass is 10.0. The van der Waals surface area contributed by atoms with Gasteiger partial charge in [-0.25, -0.2) is 8.42 Å². The van der Waals surface area contributed by atoms with Crippen molar-refractivity contribution >= 4 is 15.7 Å². The van der Waals surface area contributed by atoms with Crippen molar-refractivity contribution in [2.45, 2.75) is 19.9 Å². The number of hydrogen-bond donors (Lipinski definition) is 1. The Balaban J connectivity index is 2.76. The van der Waals surface area contributed by atoms with Crippen LogP contribution in [0.15, 0.2) is 24.3 Å². The largest absolute Gasteiger partial charge is 0.353 e. The highest BCUT2D eigenvalue weighted by Gasteiger charge is 2.23. The van der Waals surface area contributed by atoms with E-state index in [1.54, 1.807) is 6.92 Å². The molecule has 6 heteroatoms. The number of carbonyl (C=O) groups excluding carboxylic acids is 1. The quantitative estimate of drug-likeness (QED) is 0.820. The number of hydrogen-bond acceptors (Lipinski definition) is 4. The normalized spacial score (nSPS) is 13.2. The molecule has 0 spiro atoms. The fourth-order valence-corrected chi connectivity index (χ4v) is 2.80. The maximum atomic E-state index is 12.3. The third-order valence-electron chi connectivity index (χ3n) is 3.27. The number of rotatable bonds is 7. The molecule has 0 aliphatic heterocycles. The molecule has 1 atom stereocenters. The first kappa shape index (κ1) is 17.7. The topological polar surface area (TPSA) is 66.5 Å². The van der Waals surface area contributed by atoms with E-state index in [0.717, 1.165) is 11.1 Å². The second kappa shape index (κ2) is 7.56. The number of carbonyl (C=O) groups is 1. The molecular weight excluding hydrogens is 288 g/mol. The molecule has 1 N–H and O–H groups in total. The molecule has 5 nitrogen and oxygen atoms in total. The average Bonchev–Trinajstić information content (AvgIpc) is 2.38. The minimum absolute atomic E-state index is 0.0246. The number of aryl methyl sites for hydroxylation is 1. The summed E-state index contributed by atoms with van der Waals surface area (Å²) in [6.07, 6.45) is 0. The van der Waals surface area contributed by atoms with Gasteiger partial charge in [0.15, 0.2) is 9.84 Å². The number of benzene rings is 1. The maximum absolute atomic E-state index is 12.3. The van der Waals surface area contributed by atoms with Crippen LogP contribution in [-0.4, -0.2) is 51.4 Å². The Kier molecular flexibility index (Phi) is 6.36. The Labute approximate surface area is 127 Å². The molecule has 0 saturated carbocycles. The molecule has 0 radical (unpaired) electrons. The minimum Gasteiger partial charge on any atom is -0.353 e. The molecule has 21 heavy (non-hydrogen) atoms. The van der Waals surface area contributed by atoms with Crippen molar-refractivity contribution in [1.29, 1.82) is 0 Å². The minimum atomic E-state index is -3.06. The second-order valence-electron chi connectivity index (χ2n) is 5.31. The predicted octanol–water partition coefficient (Wildman–Crippen LogP) is 1.15. The van der Waals surface area contributed by atoms with Crippen molar-refractivity contribution in [3.8, 4) is 0 Å². The summed E-state index contributed by atoms with van der Waals surface area (Å²) in [5.74, 6) is -0.113. The first-order chi connectivity index (χ1) is 9.76. The van der Waals surface area contributed by atoms with Crippen molar-refractivity contribution < 1.29 is 13.2 Å². The smallest absolute Gasteiger partial charge is 0.241 e. The van der Waals surface area contributed by atoms with E-state index in [0.29, 0.717) is 0 Å². The van der Waals surface area contributed by atoms with Crippen molar-refractivity contribution in [2.75, 3.05) is 32.1 Å². The number of nitrogens with one attached hydrogen (secondary N) is 1. The van der Waals surface area contributed by atoms with E-state index in [4.69, 9.17) is 0 Å². The number of nitrogens with zero attached hydrogens (tertiary/aromatic N) is 1. The van der Waals surface area contributed by atoms with Gasteiger partial charge in [-0.05, 0) is 26.6 Å². The summed E-state index contributed by atoms with van der Waals surface area (Å²) < 4.78 is 22.9. The molecule has 1 aromatic carbocycles. The molecule has 118 valence electrons. The first-order valence-corrected chi connectivity index (χ1v) is 8.80. The van der Waals surface area contributed by atoms with E-state index in [9.17, 15) is 13.2 Å². The van der Waals surface area contributed by atoms with Crippen LogP contribution in [0.5, 0.6) is 0 Å². The lowest BCUT2D eigenvalue weighted by Gasteiger charge is -2.24. The van der Waals surface area contributed by atoms with Crippen LogP contribution in [0, 0.1) is 6.92 Å². The van der Waals surface area contributed by atoms with Crippen LogP contribution in [-0.2, 0) is 14.6 Å². The highest BCUT2D eigenvalue weighted by Crippen LogP contribution is 2.19. The standard InChI is InChI=1S/C15H24N2O3S/c1-5-21(19,20)10-9-16-15(18)14(17(3)4)13-8-6-7-12(2)11-13/h6-8,11,14H,5,9-10H2,1-4H3,(H,16,18). The fourth-order valence-electron chi connectivity index (χ4n) is 2.09. The molecule has 0 aliphatic carbocycles. The second-order valence-corrected chi connectivity index (χ2v) is 7.78. The Morgan fingerprint density at radius 2 is 2.00 bits per heavy atom. The Morgan fingerprint density at radius 1 is 1.33 bits per heavy atom. The number of sulfone groups is 1. The summed E-state index contributed by atoms with van der Waals surface area (Å²) in [6, 6.07) is 7.33. The van der Waals surface area contributed by atoms with Gasteiger partial charge in [0.25, 0.3) is 0 Å². The third kappa shape index (κ3) is 5.47. The number of amides is 1. The summed E-state index contributed by atoms with van der Waals surface area (Å²) in [4.78, 5) is 14.1. The molecule has 0 fully saturated rings. The van der Waals surface area contributed by atoms with Gasteiger partial charge in [-0.1, -0.05) is 36.8 Å². The van der Waals surface area contributed by atoms with Gasteiger partial charge in [-0.3, -0.25) is 9.69 Å². The maximum Gasteiger partial charge on any atom is 0.241 e. The van der Waals surface area contributed by atoms with Crippen molar-refractivity contribution in [3.05, 3.63) is 35.4 Å². The van der Waals surface area contributed by atoms with E-state index < -0.39 is 15.9 Å². The van der Waals surface area contributed by atoms with Crippen LogP contribution in [0.3, 0.4) is 0 Å². The summed E-state index contributed by atoms with van der Waals surface area (Å²) >= 11 is 0. The Bertz CT molecular complexity index is 582. The van der Waals surface area contributed by atoms with Crippen LogP contribution in [0.2, 0.25) is 0 Å². The average molecular weight is 312 g/mol. The van der Waals surface area contributed by atoms with Crippen LogP contribution in [0.1, 0.15) is 24.1 Å². The van der Waals surface area contributed by atoms with Gasteiger partial charge >= 0.3 is 0 Å². The molecule has 1 amide bonds. The molecular formula is C15H24N2O3S. The van der Waals surface area contributed by atoms with E-state index >= 15 is 0 Å². The van der Waals surface area contributed by atoms with Gasteiger partial charge in [-0.15, -0.1) is 0 Å². The van der Waals surface area contributed by atoms with Crippen LogP contribution < -0.4 is 5.32 Å². The van der Waals surface area contributed by atoms with Crippen molar-refractivity contribution in [2.24, 2.45) is 0 Å². The van der Waals surface area contributed by atoms with E-state index in [-0.39, 0.29) is 24.0 Å². The Morgan fingerprint density at radius 3 is 2.52 bits per heavy atom. The lowest BCUT2D eigenvalue weighted by molar-refractivity contribution is -0.125. The Hall–Kier alpha value is -1.40. The van der Waals surface area contributed by atoms with Gasteiger partial charge in [0.05, 0.1) is 5.75 Å². The molecule has 0 aromatic heterocycles. The third-order valence-corrected chi connectivity index (χ3v) is 4.98. The lowest BCUT2D eigenvalue weighted by Crippen LogP contribution is -2.39. The molecule has 1 aromatic rings. The zero-order valence-electron chi connectivity index (χ0n) is 13.1. The highest BCUT2D eigenvalue weighted by molar-refractivity contribution is 7.91. The summed E-state index contributed by atoms with van der Waals surface area (Å²) in [5.41, 5.74) is 1.98. The van der Waals surface area contributed by atoms with E-state index in [1.807, 2.05) is 50.2 Å². The molecule has 0 heterocycles. The summed E-state index contributed by atoms with van der Waals surface area (Å²) in [6.45, 7) is 3.72. The molecule has 0 saturated heterocycles. The van der Waals surface area contributed by atoms with Crippen LogP contribution in [0.4, 0.5) is 0 Å². The van der Waals surface area contributed by atoms with E-state index in [2.05, 4.69) is 5.32 Å². The van der Waals surface area contributed by atoms with Crippen molar-refractivity contribution in [1.82, 2.24) is 10.2 Å². The summed E-state index contributed by atoms with van der Waals surface area (Å²) in [7, 11) is 0.597. The van der Waals surface area contributed by atoms with Gasteiger partial charge < -0.3 is 5.32 Å². The van der Waals surface area contributed by atoms with Gasteiger partial charge in [0.1, 0.15) is 6.04 Å². The fraction of sp³-hybridized carbons (Fsp3) is 0.533. The summed E-state index contributed by atoms with van der Waals surface area (Å²) in [5, 5.41) is 2.71. The van der Waals surface area contributed by atoms with Gasteiger partial charge in [0, 0.05) is 12.3 Å². The zero-order valence-corrected chi connectivity index (χ0v) is 13.9. The number of likely N-dealkylation sites (N-methyl/N-ethyl adjacent to an activating group) is 1. The van der Waals surface area contributed by atoms with Crippen LogP contribution in [0.25, 0.3) is 0 Å². The van der Waals surface area contributed by atoms with Gasteiger partial charge in [0.2, 0.25) is 5.91 Å². The molecule has 0 bridgehead atoms. The molecule has 1 unspecified atom stereocenters. The monoisotopic (exact) mass is 312 g/mol. The highest BCUT2D eigenvalue weighted by atomic mass is 32.2. The first-order valence-electron chi connectivity index (χ1n) is 6.98. The zero-order chi connectivity index (χ0) is 16.0. The molecule has 1 rings (SSSR count). The van der Waals surface area contributed by atoms with Crippen LogP contribution >= 0.6 is 0 Å².